The third kappa shape index (κ3) is 1.50. The van der Waals surface area contributed by atoms with E-state index in [-0.39, 0.29) is 0 Å². The van der Waals surface area contributed by atoms with E-state index in [0.29, 0.717) is 0 Å². The third-order valence-corrected chi connectivity index (χ3v) is 3.32. The number of rotatable bonds is 1. The van der Waals surface area contributed by atoms with Crippen molar-refractivity contribution in [2.45, 2.75) is 6.92 Å². The van der Waals surface area contributed by atoms with Gasteiger partial charge >= 0.3 is 0 Å². The molecule has 4 rings (SSSR count). The number of nitrogens with zero attached hydrogens (tertiary/aromatic N) is 5. The highest BCUT2D eigenvalue weighted by Gasteiger charge is 2.13. The number of fused-ring (bicyclic) bond motifs is 3. The van der Waals surface area contributed by atoms with Crippen molar-refractivity contribution >= 4 is 16.7 Å². The standard InChI is InChI=1S/C15H11N5/c1-10-13-9-18-14(11-4-2-6-16-8-11)20(13)15-12(19-10)5-3-7-17-15/h2-9H,1H3. The molecular weight excluding hydrogens is 250 g/mol. The van der Waals surface area contributed by atoms with Crippen LogP contribution in [0.2, 0.25) is 0 Å². The molecule has 0 amide bonds. The van der Waals surface area contributed by atoms with Crippen LogP contribution < -0.4 is 0 Å². The van der Waals surface area contributed by atoms with Gasteiger partial charge in [0.05, 0.1) is 17.4 Å². The van der Waals surface area contributed by atoms with Crippen LogP contribution in [0.3, 0.4) is 0 Å². The van der Waals surface area contributed by atoms with Crippen molar-refractivity contribution in [3.8, 4) is 11.4 Å². The number of imidazole rings is 1. The summed E-state index contributed by atoms with van der Waals surface area (Å²) in [6.07, 6.45) is 7.16. The first kappa shape index (κ1) is 11.0. The monoisotopic (exact) mass is 261 g/mol. The second-order valence-corrected chi connectivity index (χ2v) is 4.59. The zero-order chi connectivity index (χ0) is 13.5. The van der Waals surface area contributed by atoms with Crippen LogP contribution in [0.1, 0.15) is 5.69 Å². The summed E-state index contributed by atoms with van der Waals surface area (Å²) in [6, 6.07) is 7.75. The van der Waals surface area contributed by atoms with E-state index in [1.54, 1.807) is 18.6 Å². The minimum absolute atomic E-state index is 0.810. The Hall–Kier alpha value is -2.82. The normalized spacial score (nSPS) is 11.2. The maximum Gasteiger partial charge on any atom is 0.164 e. The molecule has 0 radical (unpaired) electrons. The van der Waals surface area contributed by atoms with Crippen LogP contribution in [0.15, 0.2) is 49.1 Å². The molecule has 5 nitrogen and oxygen atoms in total. The fraction of sp³-hybridized carbons (Fsp3) is 0.0667. The Bertz CT molecular complexity index is 912. The molecule has 0 unspecified atom stereocenters. The van der Waals surface area contributed by atoms with Crippen molar-refractivity contribution in [1.29, 1.82) is 0 Å². The Balaban J connectivity index is 2.19. The molecule has 0 aromatic carbocycles. The average Bonchev–Trinajstić information content (AvgIpc) is 2.94. The summed E-state index contributed by atoms with van der Waals surface area (Å²) >= 11 is 0. The van der Waals surface area contributed by atoms with E-state index in [0.717, 1.165) is 33.8 Å². The molecule has 0 aliphatic heterocycles. The fourth-order valence-corrected chi connectivity index (χ4v) is 2.41. The van der Waals surface area contributed by atoms with Gasteiger partial charge in [0.1, 0.15) is 11.3 Å². The average molecular weight is 261 g/mol. The van der Waals surface area contributed by atoms with Crippen molar-refractivity contribution in [2.75, 3.05) is 0 Å². The number of aryl methyl sites for hydroxylation is 1. The molecule has 4 aromatic heterocycles. The van der Waals surface area contributed by atoms with Gasteiger partial charge in [-0.3, -0.25) is 9.38 Å². The van der Waals surface area contributed by atoms with Crippen molar-refractivity contribution in [3.63, 3.8) is 0 Å². The number of hydrogen-bond donors (Lipinski definition) is 0. The summed E-state index contributed by atoms with van der Waals surface area (Å²) in [4.78, 5) is 17.7. The van der Waals surface area contributed by atoms with Crippen molar-refractivity contribution < 1.29 is 0 Å². The molecule has 0 aliphatic rings. The second kappa shape index (κ2) is 4.09. The second-order valence-electron chi connectivity index (χ2n) is 4.59. The molecule has 4 heterocycles. The predicted octanol–water partition coefficient (Wildman–Crippen LogP) is 2.65. The van der Waals surface area contributed by atoms with Gasteiger partial charge in [-0.2, -0.15) is 0 Å². The van der Waals surface area contributed by atoms with E-state index in [2.05, 4.69) is 19.9 Å². The van der Waals surface area contributed by atoms with Gasteiger partial charge in [0.15, 0.2) is 5.65 Å². The Morgan fingerprint density at radius 3 is 2.75 bits per heavy atom. The van der Waals surface area contributed by atoms with Gasteiger partial charge < -0.3 is 0 Å². The SMILES string of the molecule is Cc1nc2cccnc2n2c(-c3cccnc3)ncc12. The maximum atomic E-state index is 4.57. The Morgan fingerprint density at radius 1 is 1.00 bits per heavy atom. The lowest BCUT2D eigenvalue weighted by molar-refractivity contribution is 1.11. The van der Waals surface area contributed by atoms with Gasteiger partial charge in [-0.1, -0.05) is 0 Å². The quantitative estimate of drug-likeness (QED) is 0.528. The van der Waals surface area contributed by atoms with E-state index in [1.165, 1.54) is 0 Å². The smallest absolute Gasteiger partial charge is 0.164 e. The van der Waals surface area contributed by atoms with Crippen molar-refractivity contribution in [1.82, 2.24) is 24.3 Å². The zero-order valence-corrected chi connectivity index (χ0v) is 10.9. The van der Waals surface area contributed by atoms with Gasteiger partial charge in [0, 0.05) is 24.2 Å². The highest BCUT2D eigenvalue weighted by Crippen LogP contribution is 2.23. The summed E-state index contributed by atoms with van der Waals surface area (Å²) in [5, 5.41) is 0. The molecule has 5 heteroatoms. The Labute approximate surface area is 115 Å². The molecule has 96 valence electrons. The Kier molecular flexibility index (Phi) is 2.26. The lowest BCUT2D eigenvalue weighted by Gasteiger charge is -2.06. The van der Waals surface area contributed by atoms with Crippen LogP contribution in [-0.4, -0.2) is 24.3 Å². The van der Waals surface area contributed by atoms with Crippen molar-refractivity contribution in [3.05, 3.63) is 54.7 Å². The third-order valence-electron chi connectivity index (χ3n) is 3.32. The molecule has 20 heavy (non-hydrogen) atoms. The first-order chi connectivity index (χ1) is 9.84. The van der Waals surface area contributed by atoms with E-state index >= 15 is 0 Å². The molecule has 0 bridgehead atoms. The number of pyridine rings is 2. The molecule has 0 atom stereocenters. The lowest BCUT2D eigenvalue weighted by atomic mass is 10.2. The van der Waals surface area contributed by atoms with Gasteiger partial charge in [0.2, 0.25) is 0 Å². The van der Waals surface area contributed by atoms with Crippen LogP contribution >= 0.6 is 0 Å². The van der Waals surface area contributed by atoms with Gasteiger partial charge in [-0.25, -0.2) is 15.0 Å². The number of aromatic nitrogens is 5. The van der Waals surface area contributed by atoms with E-state index in [4.69, 9.17) is 0 Å². The predicted molar refractivity (Wildman–Crippen MR) is 76.3 cm³/mol. The molecule has 0 fully saturated rings. The van der Waals surface area contributed by atoms with E-state index in [1.807, 2.05) is 41.8 Å². The zero-order valence-electron chi connectivity index (χ0n) is 10.9. The largest absolute Gasteiger partial charge is 0.273 e. The number of hydrogen-bond acceptors (Lipinski definition) is 4. The maximum absolute atomic E-state index is 4.57. The summed E-state index contributed by atoms with van der Waals surface area (Å²) in [7, 11) is 0. The van der Waals surface area contributed by atoms with Crippen LogP contribution in [0.4, 0.5) is 0 Å². The van der Waals surface area contributed by atoms with E-state index in [9.17, 15) is 0 Å². The molecule has 4 aromatic rings. The highest BCUT2D eigenvalue weighted by molar-refractivity contribution is 5.79. The summed E-state index contributed by atoms with van der Waals surface area (Å²) < 4.78 is 2.04. The molecular formula is C15H11N5. The first-order valence-corrected chi connectivity index (χ1v) is 6.34. The van der Waals surface area contributed by atoms with Crippen LogP contribution in [0.5, 0.6) is 0 Å². The lowest BCUT2D eigenvalue weighted by Crippen LogP contribution is -1.98. The minimum Gasteiger partial charge on any atom is -0.273 e. The van der Waals surface area contributed by atoms with Crippen LogP contribution in [-0.2, 0) is 0 Å². The van der Waals surface area contributed by atoms with Crippen LogP contribution in [0, 0.1) is 6.92 Å². The molecule has 0 spiro atoms. The van der Waals surface area contributed by atoms with Gasteiger partial charge in [-0.15, -0.1) is 0 Å². The molecule has 0 saturated heterocycles. The summed E-state index contributed by atoms with van der Waals surface area (Å²) in [6.45, 7) is 1.98. The summed E-state index contributed by atoms with van der Waals surface area (Å²) in [5.74, 6) is 0.835. The van der Waals surface area contributed by atoms with Crippen molar-refractivity contribution in [2.24, 2.45) is 0 Å². The topological polar surface area (TPSA) is 56.0 Å². The minimum atomic E-state index is 0.810. The first-order valence-electron chi connectivity index (χ1n) is 6.34. The fourth-order valence-electron chi connectivity index (χ4n) is 2.41. The van der Waals surface area contributed by atoms with Gasteiger partial charge in [0.25, 0.3) is 0 Å². The Morgan fingerprint density at radius 2 is 1.90 bits per heavy atom. The molecule has 0 saturated carbocycles. The highest BCUT2D eigenvalue weighted by atomic mass is 15.1. The van der Waals surface area contributed by atoms with Gasteiger partial charge in [-0.05, 0) is 31.2 Å². The van der Waals surface area contributed by atoms with E-state index < -0.39 is 0 Å². The molecule has 0 aliphatic carbocycles. The van der Waals surface area contributed by atoms with Crippen LogP contribution in [0.25, 0.3) is 28.1 Å². The summed E-state index contributed by atoms with van der Waals surface area (Å²) in [5.41, 5.74) is 4.54. The molecule has 0 N–H and O–H groups in total.